The normalized spacial score (nSPS) is 19.8. The molecule has 0 saturated heterocycles. The van der Waals surface area contributed by atoms with Crippen LogP contribution < -0.4 is 9.75 Å². The topological polar surface area (TPSA) is 18.1 Å². The van der Waals surface area contributed by atoms with Crippen LogP contribution >= 0.6 is 11.3 Å². The molecule has 0 aliphatic heterocycles. The second-order valence-corrected chi connectivity index (χ2v) is 17.3. The zero-order chi connectivity index (χ0) is 38.3. The van der Waals surface area contributed by atoms with Crippen molar-refractivity contribution in [2.45, 2.75) is 37.0 Å². The van der Waals surface area contributed by atoms with E-state index in [4.69, 9.17) is 11.0 Å². The van der Waals surface area contributed by atoms with Gasteiger partial charge in [0, 0.05) is 72.8 Å². The fourth-order valence-corrected chi connectivity index (χ4v) is 11.6. The predicted molar refractivity (Wildman–Crippen MR) is 244 cm³/mol. The molecule has 12 rings (SSSR count). The predicted octanol–water partition coefficient (Wildman–Crippen LogP) is 13.3. The Morgan fingerprint density at radius 1 is 0.707 bits per heavy atom. The van der Waals surface area contributed by atoms with E-state index in [0.29, 0.717) is 11.8 Å². The first-order valence-corrected chi connectivity index (χ1v) is 21.5. The first-order chi connectivity index (χ1) is 28.7. The zero-order valence-corrected chi connectivity index (χ0v) is 33.0. The van der Waals surface area contributed by atoms with E-state index in [1.54, 1.807) is 0 Å². The number of fused-ring (bicyclic) bond motifs is 10. The molecular weight excluding hydrogens is 723 g/mol. The van der Waals surface area contributed by atoms with Gasteiger partial charge in [0.25, 0.3) is 0 Å². The monoisotopic (exact) mass is 763 g/mol. The molecule has 3 unspecified atom stereocenters. The number of para-hydroxylation sites is 1. The van der Waals surface area contributed by atoms with Crippen LogP contribution in [0.15, 0.2) is 180 Å². The summed E-state index contributed by atoms with van der Waals surface area (Å²) in [6.45, 7) is 4.71. The minimum atomic E-state index is 0.00655. The van der Waals surface area contributed by atoms with Crippen molar-refractivity contribution in [1.82, 2.24) is 4.57 Å². The summed E-state index contributed by atoms with van der Waals surface area (Å²) in [6.07, 6.45) is 24.3. The summed E-state index contributed by atoms with van der Waals surface area (Å²) in [5, 5.41) is 3.67. The summed E-state index contributed by atoms with van der Waals surface area (Å²) in [5.41, 5.74) is 15.8. The van der Waals surface area contributed by atoms with Crippen molar-refractivity contribution in [3.63, 3.8) is 0 Å². The molecule has 0 radical (unpaired) electrons. The molecule has 0 N–H and O–H groups in total. The SMILES string of the molecule is C=C1c2c(n(-c3ccc4c(c3)oc3c([C@@H](C5=CCC(c6ccccc6)C=C5)c5ccc(-c6ccccc6)cc5)cccc34)c3c4c(sc23)=CCCC=4)C2C=CC=CC12. The maximum Gasteiger partial charge on any atom is 0.139 e. The molecular formula is C55H41NOS. The van der Waals surface area contributed by atoms with Crippen molar-refractivity contribution in [2.24, 2.45) is 5.92 Å². The van der Waals surface area contributed by atoms with Gasteiger partial charge < -0.3 is 8.98 Å². The van der Waals surface area contributed by atoms with E-state index in [0.717, 1.165) is 46.9 Å². The quantitative estimate of drug-likeness (QED) is 0.165. The summed E-state index contributed by atoms with van der Waals surface area (Å²) >= 11 is 1.94. The van der Waals surface area contributed by atoms with Gasteiger partial charge in [-0.15, -0.1) is 11.3 Å². The van der Waals surface area contributed by atoms with Gasteiger partial charge in [-0.1, -0.05) is 164 Å². The fraction of sp³-hybridized carbons (Fsp3) is 0.127. The first kappa shape index (κ1) is 33.7. The lowest BCUT2D eigenvalue weighted by atomic mass is 9.79. The van der Waals surface area contributed by atoms with Gasteiger partial charge in [0.1, 0.15) is 11.2 Å². The van der Waals surface area contributed by atoms with Crippen LogP contribution in [0, 0.1) is 5.92 Å². The van der Waals surface area contributed by atoms with Crippen LogP contribution in [0.5, 0.6) is 0 Å². The van der Waals surface area contributed by atoms with Crippen LogP contribution in [0.2, 0.25) is 0 Å². The van der Waals surface area contributed by atoms with Gasteiger partial charge in [0.05, 0.1) is 10.2 Å². The number of thiophene rings is 1. The molecule has 3 heterocycles. The Bertz CT molecular complexity index is 3220. The van der Waals surface area contributed by atoms with Crippen molar-refractivity contribution in [2.75, 3.05) is 0 Å². The number of nitrogens with zero attached hydrogens (tertiary/aromatic N) is 1. The van der Waals surface area contributed by atoms with Crippen LogP contribution in [0.4, 0.5) is 0 Å². The molecule has 0 bridgehead atoms. The van der Waals surface area contributed by atoms with E-state index >= 15 is 0 Å². The minimum Gasteiger partial charge on any atom is -0.456 e. The lowest BCUT2D eigenvalue weighted by Crippen LogP contribution is -2.23. The number of hydrogen-bond donors (Lipinski definition) is 0. The van der Waals surface area contributed by atoms with Crippen molar-refractivity contribution >= 4 is 61.2 Å². The average Bonchev–Trinajstić information content (AvgIpc) is 4.02. The van der Waals surface area contributed by atoms with E-state index in [1.165, 1.54) is 70.2 Å². The van der Waals surface area contributed by atoms with Gasteiger partial charge in [0.15, 0.2) is 0 Å². The van der Waals surface area contributed by atoms with Gasteiger partial charge in [-0.3, -0.25) is 0 Å². The van der Waals surface area contributed by atoms with Crippen LogP contribution in [0.25, 0.3) is 66.7 Å². The number of rotatable bonds is 6. The lowest BCUT2D eigenvalue weighted by Gasteiger charge is -2.24. The van der Waals surface area contributed by atoms with Crippen LogP contribution in [-0.4, -0.2) is 4.57 Å². The van der Waals surface area contributed by atoms with Crippen molar-refractivity contribution < 1.29 is 4.42 Å². The average molecular weight is 764 g/mol. The summed E-state index contributed by atoms with van der Waals surface area (Å²) in [6, 6.07) is 44.3. The molecule has 3 aromatic heterocycles. The first-order valence-electron chi connectivity index (χ1n) is 20.7. The van der Waals surface area contributed by atoms with E-state index in [2.05, 4.69) is 181 Å². The molecule has 58 heavy (non-hydrogen) atoms. The summed E-state index contributed by atoms with van der Waals surface area (Å²) < 4.78 is 12.4. The largest absolute Gasteiger partial charge is 0.456 e. The smallest absolute Gasteiger partial charge is 0.139 e. The number of hydrogen-bond acceptors (Lipinski definition) is 2. The molecule has 8 aromatic rings. The van der Waals surface area contributed by atoms with Crippen LogP contribution in [-0.2, 0) is 0 Å². The zero-order valence-electron chi connectivity index (χ0n) is 32.1. The molecule has 0 spiro atoms. The molecule has 4 atom stereocenters. The Morgan fingerprint density at radius 3 is 2.29 bits per heavy atom. The molecule has 3 heteroatoms. The number of aromatic nitrogens is 1. The molecule has 5 aromatic carbocycles. The Morgan fingerprint density at radius 2 is 1.48 bits per heavy atom. The fourth-order valence-electron chi connectivity index (χ4n) is 10.3. The van der Waals surface area contributed by atoms with Crippen molar-refractivity contribution in [3.05, 3.63) is 214 Å². The van der Waals surface area contributed by atoms with Crippen LogP contribution in [0.3, 0.4) is 0 Å². The van der Waals surface area contributed by atoms with Crippen LogP contribution in [0.1, 0.15) is 65.0 Å². The minimum absolute atomic E-state index is 0.00655. The van der Waals surface area contributed by atoms with Gasteiger partial charge >= 0.3 is 0 Å². The third-order valence-electron chi connectivity index (χ3n) is 13.0. The molecule has 4 aliphatic rings. The number of furan rings is 1. The van der Waals surface area contributed by atoms with Gasteiger partial charge in [-0.2, -0.15) is 0 Å². The second-order valence-electron chi connectivity index (χ2n) is 16.2. The lowest BCUT2D eigenvalue weighted by molar-refractivity contribution is 0.660. The maximum atomic E-state index is 7.13. The Kier molecular flexibility index (Phi) is 7.74. The molecule has 2 nitrogen and oxygen atoms in total. The highest BCUT2D eigenvalue weighted by molar-refractivity contribution is 7.17. The maximum absolute atomic E-state index is 7.13. The third kappa shape index (κ3) is 5.16. The molecule has 4 aliphatic carbocycles. The van der Waals surface area contributed by atoms with E-state index < -0.39 is 0 Å². The second kappa shape index (κ2) is 13.3. The number of allylic oxidation sites excluding steroid dienone is 9. The number of benzene rings is 5. The summed E-state index contributed by atoms with van der Waals surface area (Å²) in [7, 11) is 0. The third-order valence-corrected chi connectivity index (χ3v) is 14.2. The Hall–Kier alpha value is -6.42. The summed E-state index contributed by atoms with van der Waals surface area (Å²) in [4.78, 5) is 0. The van der Waals surface area contributed by atoms with Crippen molar-refractivity contribution in [1.29, 1.82) is 0 Å². The van der Waals surface area contributed by atoms with Gasteiger partial charge in [0.2, 0.25) is 0 Å². The highest BCUT2D eigenvalue weighted by Gasteiger charge is 2.40. The molecule has 0 fully saturated rings. The van der Waals surface area contributed by atoms with Crippen molar-refractivity contribution in [3.8, 4) is 16.8 Å². The van der Waals surface area contributed by atoms with E-state index in [-0.39, 0.29) is 11.8 Å². The van der Waals surface area contributed by atoms with Gasteiger partial charge in [-0.25, -0.2) is 0 Å². The highest BCUT2D eigenvalue weighted by atomic mass is 32.1. The Labute approximate surface area is 342 Å². The Balaban J connectivity index is 1.02. The molecule has 0 saturated carbocycles. The van der Waals surface area contributed by atoms with E-state index in [1.807, 2.05) is 11.3 Å². The molecule has 278 valence electrons. The standard InChI is InChI=1S/C55H41NOS/c1-34-42-17-8-9-18-44(42)52-50(34)55-53(46-19-10-11-22-49(46)58-55)56(52)41-31-32-43-45-20-12-21-47(54(45)57-48(43)33-41)51(39-27-23-37(24-28-39)35-13-4-2-5-14-35)40-29-25-38(26-30-40)36-15-6-3-7-16-36/h2-9,12-25,27-33,38,42,44,51H,1,10-11,26H2/t38?,42?,44?,51-/m1/s1. The van der Waals surface area contributed by atoms with Gasteiger partial charge in [-0.05, 0) is 64.8 Å². The molecule has 0 amide bonds. The highest BCUT2D eigenvalue weighted by Crippen LogP contribution is 2.53. The summed E-state index contributed by atoms with van der Waals surface area (Å²) in [5.74, 6) is 0.928. The van der Waals surface area contributed by atoms with E-state index in [9.17, 15) is 0 Å².